The van der Waals surface area contributed by atoms with Crippen molar-refractivity contribution in [2.45, 2.75) is 26.7 Å². The van der Waals surface area contributed by atoms with Crippen LogP contribution in [-0.2, 0) is 17.6 Å². The number of benzene rings is 1. The van der Waals surface area contributed by atoms with Gasteiger partial charge in [-0.05, 0) is 55.2 Å². The van der Waals surface area contributed by atoms with Gasteiger partial charge in [0.15, 0.2) is 0 Å². The van der Waals surface area contributed by atoms with E-state index in [2.05, 4.69) is 17.8 Å². The molecule has 132 valence electrons. The zero-order valence-corrected chi connectivity index (χ0v) is 15.6. The fourth-order valence-corrected chi connectivity index (χ4v) is 4.00. The number of nitrogens with one attached hydrogen (secondary N) is 2. The van der Waals surface area contributed by atoms with Gasteiger partial charge in [-0.1, -0.05) is 18.5 Å². The number of amides is 2. The van der Waals surface area contributed by atoms with Gasteiger partial charge in [-0.2, -0.15) is 0 Å². The molecule has 1 aliphatic heterocycles. The number of ether oxygens (including phenoxy) is 1. The monoisotopic (exact) mass is 378 g/mol. The Morgan fingerprint density at radius 3 is 2.84 bits per heavy atom. The summed E-state index contributed by atoms with van der Waals surface area (Å²) in [5.74, 6) is -0.203. The first kappa shape index (κ1) is 17.8. The average molecular weight is 379 g/mol. The van der Waals surface area contributed by atoms with Crippen LogP contribution in [0.4, 0.5) is 0 Å². The third-order valence-corrected chi connectivity index (χ3v) is 5.78. The molecule has 25 heavy (non-hydrogen) atoms. The summed E-state index contributed by atoms with van der Waals surface area (Å²) in [6.07, 6.45) is 1.41. The number of aryl methyl sites for hydroxylation is 2. The highest BCUT2D eigenvalue weighted by Crippen LogP contribution is 2.29. The summed E-state index contributed by atoms with van der Waals surface area (Å²) < 4.78 is 5.61. The molecule has 5 nitrogen and oxygen atoms in total. The molecule has 2 heterocycles. The Morgan fingerprint density at radius 1 is 1.32 bits per heavy atom. The van der Waals surface area contributed by atoms with Crippen LogP contribution in [0.2, 0.25) is 5.02 Å². The molecular formula is C18H19ClN2O3S. The lowest BCUT2D eigenvalue weighted by molar-refractivity contribution is -0.127. The molecule has 1 aliphatic rings. The Kier molecular flexibility index (Phi) is 5.30. The van der Waals surface area contributed by atoms with Gasteiger partial charge in [0.05, 0.1) is 10.8 Å². The highest BCUT2D eigenvalue weighted by Gasteiger charge is 2.26. The molecule has 1 aromatic heterocycles. The minimum absolute atomic E-state index is 0.272. The maximum absolute atomic E-state index is 12.3. The van der Waals surface area contributed by atoms with Gasteiger partial charge in [-0.25, -0.2) is 0 Å². The largest absolute Gasteiger partial charge is 0.492 e. The zero-order chi connectivity index (χ0) is 18.0. The van der Waals surface area contributed by atoms with Gasteiger partial charge in [0.2, 0.25) is 5.91 Å². The average Bonchev–Trinajstić information content (AvgIpc) is 2.99. The van der Waals surface area contributed by atoms with Crippen molar-refractivity contribution >= 4 is 34.8 Å². The number of fused-ring (bicyclic) bond motifs is 1. The lowest BCUT2D eigenvalue weighted by Gasteiger charge is -2.24. The van der Waals surface area contributed by atoms with Crippen LogP contribution in [0, 0.1) is 12.8 Å². The third kappa shape index (κ3) is 3.96. The van der Waals surface area contributed by atoms with Gasteiger partial charge in [0, 0.05) is 9.90 Å². The fraction of sp³-hybridized carbons (Fsp3) is 0.333. The molecule has 0 radical (unpaired) electrons. The zero-order valence-electron chi connectivity index (χ0n) is 14.0. The van der Waals surface area contributed by atoms with Crippen molar-refractivity contribution in [3.63, 3.8) is 0 Å². The molecule has 2 aromatic rings. The van der Waals surface area contributed by atoms with Gasteiger partial charge in [0.1, 0.15) is 12.4 Å². The van der Waals surface area contributed by atoms with Crippen molar-refractivity contribution in [2.24, 2.45) is 5.92 Å². The van der Waals surface area contributed by atoms with Gasteiger partial charge in [-0.3, -0.25) is 20.4 Å². The number of hydrazine groups is 1. The second-order valence-corrected chi connectivity index (χ2v) is 7.55. The Bertz CT molecular complexity index is 819. The summed E-state index contributed by atoms with van der Waals surface area (Å²) in [5, 5.41) is 0.608. The number of thiophene rings is 1. The van der Waals surface area contributed by atoms with E-state index < -0.39 is 0 Å². The van der Waals surface area contributed by atoms with E-state index in [0.29, 0.717) is 16.3 Å². The second-order valence-electron chi connectivity index (χ2n) is 5.98. The minimum Gasteiger partial charge on any atom is -0.492 e. The predicted octanol–water partition coefficient (Wildman–Crippen LogP) is 3.28. The van der Waals surface area contributed by atoms with E-state index in [1.807, 2.05) is 13.0 Å². The second kappa shape index (κ2) is 7.45. The normalized spacial score (nSPS) is 15.9. The summed E-state index contributed by atoms with van der Waals surface area (Å²) in [6.45, 7) is 4.30. The maximum atomic E-state index is 12.3. The third-order valence-electron chi connectivity index (χ3n) is 4.16. The lowest BCUT2D eigenvalue weighted by Crippen LogP contribution is -2.46. The summed E-state index contributed by atoms with van der Waals surface area (Å²) in [7, 11) is 0. The molecule has 0 bridgehead atoms. The number of hydrogen-bond acceptors (Lipinski definition) is 4. The minimum atomic E-state index is -0.373. The Labute approximate surface area is 155 Å². The standard InChI is InChI=1S/C18H19ClN2O3S/c1-3-15-10(2)6-16(25-15)18(23)21-20-17(22)12-7-11-8-13(19)4-5-14(11)24-9-12/h4-6,8,12H,3,7,9H2,1-2H3,(H,20,22)(H,21,23). The van der Waals surface area contributed by atoms with Crippen LogP contribution in [0.15, 0.2) is 24.3 Å². The van der Waals surface area contributed by atoms with Crippen molar-refractivity contribution < 1.29 is 14.3 Å². The number of halogens is 1. The summed E-state index contributed by atoms with van der Waals surface area (Å²) in [4.78, 5) is 26.3. The van der Waals surface area contributed by atoms with E-state index >= 15 is 0 Å². The van der Waals surface area contributed by atoms with Gasteiger partial charge >= 0.3 is 0 Å². The van der Waals surface area contributed by atoms with E-state index in [4.69, 9.17) is 16.3 Å². The van der Waals surface area contributed by atoms with Gasteiger partial charge in [-0.15, -0.1) is 11.3 Å². The van der Waals surface area contributed by atoms with Crippen LogP contribution in [-0.4, -0.2) is 18.4 Å². The van der Waals surface area contributed by atoms with Crippen LogP contribution in [0.25, 0.3) is 0 Å². The molecule has 7 heteroatoms. The van der Waals surface area contributed by atoms with Crippen LogP contribution >= 0.6 is 22.9 Å². The van der Waals surface area contributed by atoms with Crippen molar-refractivity contribution in [2.75, 3.05) is 6.61 Å². The first-order valence-electron chi connectivity index (χ1n) is 8.08. The SMILES string of the molecule is CCc1sc(C(=O)NNC(=O)C2COc3ccc(Cl)cc3C2)cc1C. The molecule has 1 aromatic carbocycles. The molecule has 0 saturated heterocycles. The summed E-state index contributed by atoms with van der Waals surface area (Å²) in [5.41, 5.74) is 6.97. The highest BCUT2D eigenvalue weighted by atomic mass is 35.5. The summed E-state index contributed by atoms with van der Waals surface area (Å²) >= 11 is 7.43. The number of carbonyl (C=O) groups is 2. The highest BCUT2D eigenvalue weighted by molar-refractivity contribution is 7.14. The van der Waals surface area contributed by atoms with Crippen LogP contribution in [0.3, 0.4) is 0 Å². The molecule has 1 unspecified atom stereocenters. The first-order chi connectivity index (χ1) is 12.0. The Hall–Kier alpha value is -2.05. The molecular weight excluding hydrogens is 360 g/mol. The molecule has 2 N–H and O–H groups in total. The molecule has 3 rings (SSSR count). The number of rotatable bonds is 3. The van der Waals surface area contributed by atoms with Gasteiger partial charge in [0.25, 0.3) is 5.91 Å². The van der Waals surface area contributed by atoms with Crippen LogP contribution in [0.5, 0.6) is 5.75 Å². The topological polar surface area (TPSA) is 67.4 Å². The predicted molar refractivity (Wildman–Crippen MR) is 98.2 cm³/mol. The van der Waals surface area contributed by atoms with Crippen LogP contribution < -0.4 is 15.6 Å². The first-order valence-corrected chi connectivity index (χ1v) is 9.28. The van der Waals surface area contributed by atoms with E-state index in [1.165, 1.54) is 16.2 Å². The molecule has 0 fully saturated rings. The van der Waals surface area contributed by atoms with Crippen molar-refractivity contribution in [3.8, 4) is 5.75 Å². The van der Waals surface area contributed by atoms with E-state index in [1.54, 1.807) is 18.2 Å². The van der Waals surface area contributed by atoms with E-state index in [-0.39, 0.29) is 24.3 Å². The Morgan fingerprint density at radius 2 is 2.12 bits per heavy atom. The van der Waals surface area contributed by atoms with Crippen molar-refractivity contribution in [3.05, 3.63) is 50.2 Å². The van der Waals surface area contributed by atoms with E-state index in [0.717, 1.165) is 23.3 Å². The summed E-state index contributed by atoms with van der Waals surface area (Å²) in [6, 6.07) is 7.20. The van der Waals surface area contributed by atoms with Crippen LogP contribution in [0.1, 0.15) is 32.6 Å². The number of hydrogen-bond donors (Lipinski definition) is 2. The molecule has 2 amide bonds. The molecule has 0 saturated carbocycles. The Balaban J connectivity index is 1.58. The quantitative estimate of drug-likeness (QED) is 0.805. The lowest BCUT2D eigenvalue weighted by atomic mass is 9.96. The number of carbonyl (C=O) groups excluding carboxylic acids is 2. The smallest absolute Gasteiger partial charge is 0.279 e. The van der Waals surface area contributed by atoms with Crippen molar-refractivity contribution in [1.82, 2.24) is 10.9 Å². The van der Waals surface area contributed by atoms with Crippen molar-refractivity contribution in [1.29, 1.82) is 0 Å². The molecule has 1 atom stereocenters. The van der Waals surface area contributed by atoms with E-state index in [9.17, 15) is 9.59 Å². The van der Waals surface area contributed by atoms with Gasteiger partial charge < -0.3 is 4.74 Å². The molecule has 0 aliphatic carbocycles. The molecule has 0 spiro atoms. The maximum Gasteiger partial charge on any atom is 0.279 e. The fourth-order valence-electron chi connectivity index (χ4n) is 2.80.